The third kappa shape index (κ3) is 1.64. The molecule has 3 atom stereocenters. The Labute approximate surface area is 89.0 Å². The van der Waals surface area contributed by atoms with Crippen LogP contribution in [0.2, 0.25) is 0 Å². The molecule has 1 saturated carbocycles. The molecule has 16 heavy (non-hydrogen) atoms. The highest BCUT2D eigenvalue weighted by Crippen LogP contribution is 2.50. The second-order valence-corrected chi connectivity index (χ2v) is 4.16. The van der Waals surface area contributed by atoms with Crippen molar-refractivity contribution in [2.24, 2.45) is 11.8 Å². The highest BCUT2D eigenvalue weighted by Gasteiger charge is 2.62. The summed E-state index contributed by atoms with van der Waals surface area (Å²) in [4.78, 5) is 22.4. The van der Waals surface area contributed by atoms with Gasteiger partial charge in [-0.15, -0.1) is 0 Å². The number of rotatable bonds is 1. The van der Waals surface area contributed by atoms with E-state index in [-0.39, 0.29) is 12.5 Å². The van der Waals surface area contributed by atoms with Crippen molar-refractivity contribution in [1.82, 2.24) is 4.90 Å². The van der Waals surface area contributed by atoms with Gasteiger partial charge >= 0.3 is 18.1 Å². The molecule has 1 heterocycles. The number of hydrogen-bond acceptors (Lipinski definition) is 2. The molecule has 4 nitrogen and oxygen atoms in total. The predicted octanol–water partition coefficient (Wildman–Crippen LogP) is 0.870. The molecule has 2 rings (SSSR count). The first-order chi connectivity index (χ1) is 7.34. The van der Waals surface area contributed by atoms with Crippen LogP contribution < -0.4 is 0 Å². The Bertz CT molecular complexity index is 341. The van der Waals surface area contributed by atoms with Crippen molar-refractivity contribution in [1.29, 1.82) is 0 Å². The number of carboxylic acids is 1. The first-order valence-corrected chi connectivity index (χ1v) is 4.94. The summed E-state index contributed by atoms with van der Waals surface area (Å²) in [5, 5.41) is 8.77. The molecular formula is C9H10F3NO3. The van der Waals surface area contributed by atoms with E-state index in [1.54, 1.807) is 0 Å². The van der Waals surface area contributed by atoms with Gasteiger partial charge in [-0.1, -0.05) is 0 Å². The van der Waals surface area contributed by atoms with Crippen LogP contribution in [-0.2, 0) is 9.59 Å². The zero-order chi connectivity index (χ0) is 12.1. The van der Waals surface area contributed by atoms with E-state index in [9.17, 15) is 22.8 Å². The summed E-state index contributed by atoms with van der Waals surface area (Å²) in [6.07, 6.45) is -3.89. The standard InChI is InChI=1S/C9H10F3NO3/c10-9(11,12)8(16)13-3-1-2-4-5(6(4)13)7(14)15/h4-6H,1-3H2,(H,14,15). The maximum atomic E-state index is 12.2. The average molecular weight is 237 g/mol. The molecule has 7 heteroatoms. The monoisotopic (exact) mass is 237 g/mol. The van der Waals surface area contributed by atoms with Crippen LogP contribution in [0.1, 0.15) is 12.8 Å². The quantitative estimate of drug-likeness (QED) is 0.736. The van der Waals surface area contributed by atoms with E-state index >= 15 is 0 Å². The van der Waals surface area contributed by atoms with Crippen LogP contribution in [0.4, 0.5) is 13.2 Å². The summed E-state index contributed by atoms with van der Waals surface area (Å²) >= 11 is 0. The predicted molar refractivity (Wildman–Crippen MR) is 45.4 cm³/mol. The van der Waals surface area contributed by atoms with E-state index in [2.05, 4.69) is 0 Å². The van der Waals surface area contributed by atoms with Gasteiger partial charge in [-0.25, -0.2) is 0 Å². The number of hydrogen-bond donors (Lipinski definition) is 1. The summed E-state index contributed by atoms with van der Waals surface area (Å²) in [5.41, 5.74) is 0. The lowest BCUT2D eigenvalue weighted by molar-refractivity contribution is -0.187. The van der Waals surface area contributed by atoms with Crippen LogP contribution >= 0.6 is 0 Å². The minimum Gasteiger partial charge on any atom is -0.481 e. The Balaban J connectivity index is 2.12. The van der Waals surface area contributed by atoms with Crippen LogP contribution in [0.3, 0.4) is 0 Å². The minimum absolute atomic E-state index is 0.00326. The van der Waals surface area contributed by atoms with Crippen LogP contribution in [0.5, 0.6) is 0 Å². The van der Waals surface area contributed by atoms with Gasteiger partial charge in [0.05, 0.1) is 5.92 Å². The second kappa shape index (κ2) is 3.36. The Morgan fingerprint density at radius 1 is 1.31 bits per heavy atom. The van der Waals surface area contributed by atoms with Crippen LogP contribution in [0.25, 0.3) is 0 Å². The number of piperidine rings is 1. The van der Waals surface area contributed by atoms with Crippen LogP contribution in [0.15, 0.2) is 0 Å². The zero-order valence-corrected chi connectivity index (χ0v) is 8.20. The maximum Gasteiger partial charge on any atom is 0.471 e. The van der Waals surface area contributed by atoms with Gasteiger partial charge < -0.3 is 10.0 Å². The fraction of sp³-hybridized carbons (Fsp3) is 0.778. The largest absolute Gasteiger partial charge is 0.481 e. The SMILES string of the molecule is O=C(O)C1C2CCCN(C(=O)C(F)(F)F)C21. The summed E-state index contributed by atoms with van der Waals surface area (Å²) in [6, 6.07) is -0.750. The topological polar surface area (TPSA) is 57.6 Å². The van der Waals surface area contributed by atoms with Gasteiger partial charge in [-0.2, -0.15) is 13.2 Å². The smallest absolute Gasteiger partial charge is 0.471 e. The summed E-state index contributed by atoms with van der Waals surface area (Å²) in [6.45, 7) is 0.00326. The highest BCUT2D eigenvalue weighted by molar-refractivity contribution is 5.85. The van der Waals surface area contributed by atoms with Crippen molar-refractivity contribution in [2.75, 3.05) is 6.54 Å². The molecule has 0 bridgehead atoms. The lowest BCUT2D eigenvalue weighted by Gasteiger charge is -2.27. The summed E-state index contributed by atoms with van der Waals surface area (Å²) in [7, 11) is 0. The lowest BCUT2D eigenvalue weighted by Crippen LogP contribution is -2.45. The number of carbonyl (C=O) groups excluding carboxylic acids is 1. The Morgan fingerprint density at radius 2 is 1.94 bits per heavy atom. The number of fused-ring (bicyclic) bond motifs is 1. The number of aliphatic carboxylic acids is 1. The molecule has 90 valence electrons. The molecule has 1 saturated heterocycles. The molecule has 2 aliphatic rings. The zero-order valence-electron chi connectivity index (χ0n) is 8.20. The molecule has 1 N–H and O–H groups in total. The van der Waals surface area contributed by atoms with Crippen LogP contribution in [0, 0.1) is 11.8 Å². The normalized spacial score (nSPS) is 33.2. The number of halogens is 3. The number of carbonyl (C=O) groups is 2. The molecule has 3 unspecified atom stereocenters. The Kier molecular flexibility index (Phi) is 2.36. The third-order valence-electron chi connectivity index (χ3n) is 3.21. The molecule has 0 aromatic heterocycles. The molecule has 2 fully saturated rings. The minimum atomic E-state index is -4.91. The second-order valence-electron chi connectivity index (χ2n) is 4.16. The van der Waals surface area contributed by atoms with Gasteiger partial charge in [-0.3, -0.25) is 9.59 Å². The van der Waals surface area contributed by atoms with Gasteiger partial charge in [0.1, 0.15) is 0 Å². The summed E-state index contributed by atoms with van der Waals surface area (Å²) in [5.74, 6) is -4.13. The first-order valence-electron chi connectivity index (χ1n) is 4.94. The van der Waals surface area contributed by atoms with E-state index in [0.717, 1.165) is 0 Å². The number of likely N-dealkylation sites (tertiary alicyclic amines) is 1. The van der Waals surface area contributed by atoms with Gasteiger partial charge in [0.2, 0.25) is 0 Å². The van der Waals surface area contributed by atoms with E-state index in [0.29, 0.717) is 17.7 Å². The molecule has 0 aromatic rings. The fourth-order valence-corrected chi connectivity index (χ4v) is 2.51. The molecule has 1 amide bonds. The molecule has 1 aliphatic heterocycles. The summed E-state index contributed by atoms with van der Waals surface area (Å²) < 4.78 is 36.6. The van der Waals surface area contributed by atoms with Crippen molar-refractivity contribution in [3.05, 3.63) is 0 Å². The van der Waals surface area contributed by atoms with E-state index in [1.807, 2.05) is 0 Å². The number of nitrogens with zero attached hydrogens (tertiary/aromatic N) is 1. The number of amides is 1. The lowest BCUT2D eigenvalue weighted by atomic mass is 10.1. The van der Waals surface area contributed by atoms with Crippen molar-refractivity contribution in [3.63, 3.8) is 0 Å². The Hall–Kier alpha value is -1.27. The molecular weight excluding hydrogens is 227 g/mol. The average Bonchev–Trinajstić information content (AvgIpc) is 2.88. The maximum absolute atomic E-state index is 12.2. The Morgan fingerprint density at radius 3 is 2.44 bits per heavy atom. The van der Waals surface area contributed by atoms with Crippen molar-refractivity contribution in [2.45, 2.75) is 25.1 Å². The van der Waals surface area contributed by atoms with E-state index in [4.69, 9.17) is 5.11 Å². The van der Waals surface area contributed by atoms with Crippen molar-refractivity contribution < 1.29 is 27.9 Å². The van der Waals surface area contributed by atoms with E-state index < -0.39 is 30.0 Å². The van der Waals surface area contributed by atoms with Gasteiger partial charge in [-0.05, 0) is 18.8 Å². The van der Waals surface area contributed by atoms with Gasteiger partial charge in [0.25, 0.3) is 0 Å². The molecule has 0 aromatic carbocycles. The highest BCUT2D eigenvalue weighted by atomic mass is 19.4. The van der Waals surface area contributed by atoms with Crippen LogP contribution in [-0.4, -0.2) is 40.6 Å². The molecule has 0 radical (unpaired) electrons. The molecule has 0 spiro atoms. The van der Waals surface area contributed by atoms with Gasteiger partial charge in [0.15, 0.2) is 0 Å². The van der Waals surface area contributed by atoms with E-state index in [1.165, 1.54) is 0 Å². The molecule has 1 aliphatic carbocycles. The fourth-order valence-electron chi connectivity index (χ4n) is 2.51. The number of carboxylic acid groups (broad SMARTS) is 1. The van der Waals surface area contributed by atoms with Gasteiger partial charge in [0, 0.05) is 12.6 Å². The number of alkyl halides is 3. The van der Waals surface area contributed by atoms with Crippen molar-refractivity contribution in [3.8, 4) is 0 Å². The van der Waals surface area contributed by atoms with Crippen molar-refractivity contribution >= 4 is 11.9 Å². The third-order valence-corrected chi connectivity index (χ3v) is 3.21. The first kappa shape index (κ1) is 11.2.